The van der Waals surface area contributed by atoms with Crippen molar-refractivity contribution in [2.75, 3.05) is 5.75 Å². The van der Waals surface area contributed by atoms with Crippen molar-refractivity contribution in [1.29, 1.82) is 0 Å². The molecular weight excluding hydrogens is 432 g/mol. The first kappa shape index (κ1) is 22.9. The van der Waals surface area contributed by atoms with Crippen LogP contribution in [0.3, 0.4) is 0 Å². The summed E-state index contributed by atoms with van der Waals surface area (Å²) < 4.78 is 0. The summed E-state index contributed by atoms with van der Waals surface area (Å²) >= 11 is 3.74. The highest BCUT2D eigenvalue weighted by molar-refractivity contribution is 7.99. The van der Waals surface area contributed by atoms with Crippen molar-refractivity contribution in [3.8, 4) is 0 Å². The number of carboxylic acid groups (broad SMARTS) is 1. The maximum absolute atomic E-state index is 11.9. The zero-order chi connectivity index (χ0) is 23.0. The van der Waals surface area contributed by atoms with Crippen LogP contribution in [0.2, 0.25) is 0 Å². The van der Waals surface area contributed by atoms with E-state index in [9.17, 15) is 9.90 Å². The lowest BCUT2D eigenvalue weighted by molar-refractivity contribution is 0.0695. The molecule has 1 aliphatic heterocycles. The molecule has 166 valence electrons. The van der Waals surface area contributed by atoms with Gasteiger partial charge in [0.05, 0.1) is 5.56 Å². The molecule has 1 unspecified atom stereocenters. The van der Waals surface area contributed by atoms with E-state index in [4.69, 9.17) is 0 Å². The van der Waals surface area contributed by atoms with Crippen molar-refractivity contribution in [1.82, 2.24) is 0 Å². The van der Waals surface area contributed by atoms with Gasteiger partial charge in [0.1, 0.15) is 0 Å². The molecule has 2 aromatic carbocycles. The fourth-order valence-corrected chi connectivity index (χ4v) is 6.44. The molecule has 1 aromatic heterocycles. The van der Waals surface area contributed by atoms with Crippen LogP contribution >= 0.6 is 23.1 Å². The zero-order valence-electron chi connectivity index (χ0n) is 19.3. The van der Waals surface area contributed by atoms with Crippen LogP contribution in [0.5, 0.6) is 0 Å². The number of carboxylic acids is 1. The van der Waals surface area contributed by atoms with E-state index in [-0.39, 0.29) is 17.3 Å². The first-order valence-corrected chi connectivity index (χ1v) is 12.9. The smallest absolute Gasteiger partial charge is 0.335 e. The zero-order valence-corrected chi connectivity index (χ0v) is 20.9. The third kappa shape index (κ3) is 4.44. The highest BCUT2D eigenvalue weighted by Gasteiger charge is 2.26. The second kappa shape index (κ2) is 8.92. The van der Waals surface area contributed by atoms with Gasteiger partial charge in [-0.15, -0.1) is 23.1 Å². The second-order valence-corrected chi connectivity index (χ2v) is 11.9. The average Bonchev–Trinajstić information content (AvgIpc) is 3.24. The lowest BCUT2D eigenvalue weighted by Gasteiger charge is -2.26. The Balaban J connectivity index is 1.81. The van der Waals surface area contributed by atoms with Gasteiger partial charge in [0, 0.05) is 26.3 Å². The molecule has 0 aliphatic carbocycles. The van der Waals surface area contributed by atoms with Gasteiger partial charge in [-0.05, 0) is 63.9 Å². The summed E-state index contributed by atoms with van der Waals surface area (Å²) in [6, 6.07) is 18.6. The second-order valence-electron chi connectivity index (χ2n) is 9.71. The van der Waals surface area contributed by atoms with Crippen LogP contribution in [0.25, 0.3) is 5.57 Å². The van der Waals surface area contributed by atoms with Gasteiger partial charge >= 0.3 is 5.97 Å². The number of hydrogen-bond acceptors (Lipinski definition) is 3. The van der Waals surface area contributed by atoms with E-state index >= 15 is 0 Å². The van der Waals surface area contributed by atoms with Crippen LogP contribution in [0.1, 0.15) is 77.3 Å². The van der Waals surface area contributed by atoms with Crippen molar-refractivity contribution >= 4 is 34.6 Å². The summed E-state index contributed by atoms with van der Waals surface area (Å²) in [4.78, 5) is 15.9. The molecule has 0 amide bonds. The van der Waals surface area contributed by atoms with Crippen LogP contribution < -0.4 is 0 Å². The molecule has 0 radical (unpaired) electrons. The van der Waals surface area contributed by atoms with Crippen molar-refractivity contribution < 1.29 is 9.90 Å². The molecule has 4 heteroatoms. The van der Waals surface area contributed by atoms with Gasteiger partial charge in [0.15, 0.2) is 0 Å². The van der Waals surface area contributed by atoms with Crippen LogP contribution in [-0.4, -0.2) is 16.8 Å². The minimum absolute atomic E-state index is 0.0225. The number of benzene rings is 2. The lowest BCUT2D eigenvalue weighted by Crippen LogP contribution is -2.14. The molecule has 0 fully saturated rings. The Morgan fingerprint density at radius 3 is 2.44 bits per heavy atom. The van der Waals surface area contributed by atoms with E-state index in [2.05, 4.69) is 71.0 Å². The number of fused-ring (bicyclic) bond motifs is 1. The predicted octanol–water partition coefficient (Wildman–Crippen LogP) is 8.07. The summed E-state index contributed by atoms with van der Waals surface area (Å²) in [6.45, 7) is 11.1. The van der Waals surface area contributed by atoms with Gasteiger partial charge in [0.25, 0.3) is 0 Å². The minimum Gasteiger partial charge on any atom is -0.478 e. The Morgan fingerprint density at radius 1 is 1.03 bits per heavy atom. The predicted molar refractivity (Wildman–Crippen MR) is 137 cm³/mol. The molecule has 3 aromatic rings. The molecule has 0 saturated carbocycles. The van der Waals surface area contributed by atoms with E-state index in [1.807, 2.05) is 35.2 Å². The van der Waals surface area contributed by atoms with Gasteiger partial charge in [-0.3, -0.25) is 0 Å². The number of hydrogen-bond donors (Lipinski definition) is 1. The highest BCUT2D eigenvalue weighted by Crippen LogP contribution is 2.43. The minimum atomic E-state index is -0.867. The lowest BCUT2D eigenvalue weighted by atomic mass is 9.79. The Morgan fingerprint density at radius 2 is 1.78 bits per heavy atom. The fraction of sp³-hybridized carbons (Fsp3) is 0.321. The number of thioether (sulfide) groups is 1. The number of rotatable bonds is 5. The van der Waals surface area contributed by atoms with Gasteiger partial charge in [-0.25, -0.2) is 4.79 Å². The van der Waals surface area contributed by atoms with E-state index in [1.165, 1.54) is 31.3 Å². The van der Waals surface area contributed by atoms with Crippen LogP contribution in [0, 0.1) is 5.92 Å². The van der Waals surface area contributed by atoms with Crippen LogP contribution in [-0.2, 0) is 5.41 Å². The Kier molecular flexibility index (Phi) is 6.37. The normalized spacial score (nSPS) is 14.8. The SMILES string of the molecule is CC(C)C(c1ccc2c(c1)C(c1ccc(C(C)(C)C)s1)=CCS2)c1ccccc1C(=O)O. The molecule has 2 nitrogen and oxygen atoms in total. The van der Waals surface area contributed by atoms with Crippen molar-refractivity contribution in [2.45, 2.75) is 50.8 Å². The molecule has 0 bridgehead atoms. The molecule has 1 N–H and O–H groups in total. The molecule has 0 saturated heterocycles. The third-order valence-corrected chi connectivity index (χ3v) is 8.53. The van der Waals surface area contributed by atoms with Crippen molar-refractivity contribution in [3.63, 3.8) is 0 Å². The molecule has 1 aliphatic rings. The van der Waals surface area contributed by atoms with Crippen molar-refractivity contribution in [2.24, 2.45) is 5.92 Å². The van der Waals surface area contributed by atoms with E-state index < -0.39 is 5.97 Å². The third-order valence-electron chi connectivity index (χ3n) is 5.98. The summed E-state index contributed by atoms with van der Waals surface area (Å²) in [6.07, 6.45) is 2.34. The topological polar surface area (TPSA) is 37.3 Å². The van der Waals surface area contributed by atoms with Crippen LogP contribution in [0.15, 0.2) is 65.6 Å². The van der Waals surface area contributed by atoms with Gasteiger partial charge in [-0.2, -0.15) is 0 Å². The fourth-order valence-electron chi connectivity index (χ4n) is 4.41. The molecule has 1 atom stereocenters. The highest BCUT2D eigenvalue weighted by atomic mass is 32.2. The summed E-state index contributed by atoms with van der Waals surface area (Å²) in [5, 5.41) is 9.78. The maximum atomic E-state index is 11.9. The quantitative estimate of drug-likeness (QED) is 0.416. The van der Waals surface area contributed by atoms with Crippen molar-refractivity contribution in [3.05, 3.63) is 92.7 Å². The number of aromatic carboxylic acids is 1. The van der Waals surface area contributed by atoms with E-state index in [0.29, 0.717) is 5.56 Å². The summed E-state index contributed by atoms with van der Waals surface area (Å²) in [7, 11) is 0. The van der Waals surface area contributed by atoms with Crippen LogP contribution in [0.4, 0.5) is 0 Å². The maximum Gasteiger partial charge on any atom is 0.335 e. The Hall–Kier alpha value is -2.30. The first-order valence-electron chi connectivity index (χ1n) is 11.1. The standard InChI is InChI=1S/C28H30O2S2/c1-17(2)26(20-8-6-7-9-21(20)27(29)30)18-10-11-23-22(16-18)19(14-15-31-23)24-12-13-25(32-24)28(3,4)5/h6-14,16-17,26H,15H2,1-5H3,(H,29,30). The van der Waals surface area contributed by atoms with Gasteiger partial charge in [-0.1, -0.05) is 65.0 Å². The number of thiophene rings is 1. The molecule has 2 heterocycles. The van der Waals surface area contributed by atoms with E-state index in [0.717, 1.165) is 11.3 Å². The molecular formula is C28H30O2S2. The summed E-state index contributed by atoms with van der Waals surface area (Å²) in [5.74, 6) is 0.397. The van der Waals surface area contributed by atoms with Gasteiger partial charge < -0.3 is 5.11 Å². The summed E-state index contributed by atoms with van der Waals surface area (Å²) in [5.41, 5.74) is 5.15. The van der Waals surface area contributed by atoms with E-state index in [1.54, 1.807) is 12.1 Å². The Bertz CT molecular complexity index is 1180. The molecule has 4 rings (SSSR count). The Labute approximate surface area is 199 Å². The first-order chi connectivity index (χ1) is 15.2. The monoisotopic (exact) mass is 462 g/mol. The largest absolute Gasteiger partial charge is 0.478 e. The van der Waals surface area contributed by atoms with Gasteiger partial charge in [0.2, 0.25) is 0 Å². The number of carbonyl (C=O) groups is 1. The molecule has 32 heavy (non-hydrogen) atoms. The average molecular weight is 463 g/mol. The molecule has 0 spiro atoms.